The summed E-state index contributed by atoms with van der Waals surface area (Å²) in [4.78, 5) is 23.7. The Bertz CT molecular complexity index is 748. The highest BCUT2D eigenvalue weighted by Gasteiger charge is 2.14. The van der Waals surface area contributed by atoms with E-state index in [1.165, 1.54) is 7.11 Å². The summed E-state index contributed by atoms with van der Waals surface area (Å²) in [7, 11) is 1.45. The lowest BCUT2D eigenvalue weighted by molar-refractivity contribution is -0.119. The number of amides is 1. The van der Waals surface area contributed by atoms with E-state index in [2.05, 4.69) is 5.32 Å². The van der Waals surface area contributed by atoms with Gasteiger partial charge >= 0.3 is 5.97 Å². The predicted octanol–water partition coefficient (Wildman–Crippen LogP) is 2.36. The van der Waals surface area contributed by atoms with Crippen LogP contribution in [-0.2, 0) is 9.53 Å². The number of nitriles is 1. The Morgan fingerprint density at radius 3 is 2.48 bits per heavy atom. The minimum Gasteiger partial charge on any atom is -0.496 e. The van der Waals surface area contributed by atoms with Crippen LogP contribution in [0.4, 0.5) is 5.69 Å². The number of para-hydroxylation sites is 1. The van der Waals surface area contributed by atoms with Crippen LogP contribution in [0.1, 0.15) is 15.9 Å². The third-order valence-corrected chi connectivity index (χ3v) is 2.96. The van der Waals surface area contributed by atoms with Crippen LogP contribution in [-0.4, -0.2) is 25.6 Å². The van der Waals surface area contributed by atoms with Crippen LogP contribution in [0.5, 0.6) is 5.75 Å². The van der Waals surface area contributed by atoms with E-state index in [1.54, 1.807) is 48.5 Å². The number of benzene rings is 2. The highest BCUT2D eigenvalue weighted by molar-refractivity contribution is 5.96. The number of nitrogens with one attached hydrogen (secondary N) is 1. The molecule has 0 atom stereocenters. The van der Waals surface area contributed by atoms with Crippen molar-refractivity contribution in [3.63, 3.8) is 0 Å². The molecule has 0 heterocycles. The van der Waals surface area contributed by atoms with Gasteiger partial charge in [0.1, 0.15) is 11.3 Å². The molecular weight excluding hydrogens is 296 g/mol. The second-order valence-corrected chi connectivity index (χ2v) is 4.51. The van der Waals surface area contributed by atoms with Crippen molar-refractivity contribution in [1.82, 2.24) is 0 Å². The SMILES string of the molecule is COc1ccccc1C(=O)OCC(=O)Nc1ccc(C#N)cc1. The molecule has 2 aromatic carbocycles. The van der Waals surface area contributed by atoms with Gasteiger partial charge in [0.15, 0.2) is 6.61 Å². The topological polar surface area (TPSA) is 88.4 Å². The zero-order valence-corrected chi connectivity index (χ0v) is 12.4. The number of carbonyl (C=O) groups excluding carboxylic acids is 2. The number of nitrogens with zero attached hydrogens (tertiary/aromatic N) is 1. The number of methoxy groups -OCH3 is 1. The first-order chi connectivity index (χ1) is 11.1. The molecule has 2 rings (SSSR count). The minimum atomic E-state index is -0.641. The molecule has 0 saturated heterocycles. The zero-order chi connectivity index (χ0) is 16.7. The van der Waals surface area contributed by atoms with Crippen molar-refractivity contribution in [2.45, 2.75) is 0 Å². The van der Waals surface area contributed by atoms with Crippen LogP contribution >= 0.6 is 0 Å². The van der Waals surface area contributed by atoms with Gasteiger partial charge in [-0.15, -0.1) is 0 Å². The summed E-state index contributed by atoms with van der Waals surface area (Å²) in [6.07, 6.45) is 0. The zero-order valence-electron chi connectivity index (χ0n) is 12.4. The van der Waals surface area contributed by atoms with E-state index >= 15 is 0 Å². The van der Waals surface area contributed by atoms with Gasteiger partial charge in [-0.05, 0) is 36.4 Å². The van der Waals surface area contributed by atoms with Crippen LogP contribution in [0.15, 0.2) is 48.5 Å². The van der Waals surface area contributed by atoms with Gasteiger partial charge in [-0.25, -0.2) is 4.79 Å². The lowest BCUT2D eigenvalue weighted by Crippen LogP contribution is -2.21. The van der Waals surface area contributed by atoms with Crippen molar-refractivity contribution in [3.05, 3.63) is 59.7 Å². The minimum absolute atomic E-state index is 0.251. The van der Waals surface area contributed by atoms with Crippen LogP contribution in [0, 0.1) is 11.3 Å². The largest absolute Gasteiger partial charge is 0.496 e. The number of anilines is 1. The van der Waals surface area contributed by atoms with Crippen molar-refractivity contribution in [3.8, 4) is 11.8 Å². The summed E-state index contributed by atoms with van der Waals surface area (Å²) >= 11 is 0. The maximum absolute atomic E-state index is 11.9. The van der Waals surface area contributed by atoms with Crippen molar-refractivity contribution < 1.29 is 19.1 Å². The first kappa shape index (κ1) is 16.0. The fourth-order valence-electron chi connectivity index (χ4n) is 1.85. The first-order valence-corrected chi connectivity index (χ1v) is 6.74. The average Bonchev–Trinajstić information content (AvgIpc) is 2.60. The highest BCUT2D eigenvalue weighted by Crippen LogP contribution is 2.18. The summed E-state index contributed by atoms with van der Waals surface area (Å²) in [5.74, 6) is -0.736. The molecular formula is C17H14N2O4. The number of carbonyl (C=O) groups is 2. The Morgan fingerprint density at radius 1 is 1.13 bits per heavy atom. The number of hydrogen-bond acceptors (Lipinski definition) is 5. The van der Waals surface area contributed by atoms with E-state index in [4.69, 9.17) is 14.7 Å². The normalized spacial score (nSPS) is 9.57. The molecule has 116 valence electrons. The van der Waals surface area contributed by atoms with Gasteiger partial charge in [0.2, 0.25) is 0 Å². The number of rotatable bonds is 5. The lowest BCUT2D eigenvalue weighted by atomic mass is 10.2. The average molecular weight is 310 g/mol. The Labute approximate surface area is 133 Å². The molecule has 0 aliphatic heterocycles. The summed E-state index contributed by atoms with van der Waals surface area (Å²) in [6, 6.07) is 14.9. The van der Waals surface area contributed by atoms with Gasteiger partial charge in [0, 0.05) is 5.69 Å². The summed E-state index contributed by atoms with van der Waals surface area (Å²) in [5, 5.41) is 11.3. The summed E-state index contributed by atoms with van der Waals surface area (Å²) in [5.41, 5.74) is 1.26. The van der Waals surface area contributed by atoms with E-state index in [9.17, 15) is 9.59 Å². The molecule has 2 aromatic rings. The van der Waals surface area contributed by atoms with Crippen molar-refractivity contribution in [2.75, 3.05) is 19.0 Å². The van der Waals surface area contributed by atoms with Crippen molar-refractivity contribution >= 4 is 17.6 Å². The Kier molecular flexibility index (Phi) is 5.31. The molecule has 0 unspecified atom stereocenters. The molecule has 6 nitrogen and oxygen atoms in total. The number of hydrogen-bond donors (Lipinski definition) is 1. The maximum Gasteiger partial charge on any atom is 0.342 e. The smallest absolute Gasteiger partial charge is 0.342 e. The fraction of sp³-hybridized carbons (Fsp3) is 0.118. The molecule has 0 radical (unpaired) electrons. The van der Waals surface area contributed by atoms with Gasteiger partial charge in [0.25, 0.3) is 5.91 Å². The van der Waals surface area contributed by atoms with Gasteiger partial charge < -0.3 is 14.8 Å². The van der Waals surface area contributed by atoms with Crippen LogP contribution in [0.3, 0.4) is 0 Å². The predicted molar refractivity (Wildman–Crippen MR) is 83.1 cm³/mol. The number of esters is 1. The molecule has 0 spiro atoms. The van der Waals surface area contributed by atoms with Gasteiger partial charge in [-0.2, -0.15) is 5.26 Å². The third-order valence-electron chi connectivity index (χ3n) is 2.96. The Morgan fingerprint density at radius 2 is 1.83 bits per heavy atom. The van der Waals surface area contributed by atoms with Crippen LogP contribution in [0.25, 0.3) is 0 Å². The van der Waals surface area contributed by atoms with E-state index in [-0.39, 0.29) is 5.56 Å². The van der Waals surface area contributed by atoms with E-state index in [0.717, 1.165) is 0 Å². The van der Waals surface area contributed by atoms with Gasteiger partial charge in [0.05, 0.1) is 18.7 Å². The summed E-state index contributed by atoms with van der Waals surface area (Å²) < 4.78 is 10.0. The van der Waals surface area contributed by atoms with Crippen LogP contribution in [0.2, 0.25) is 0 Å². The molecule has 23 heavy (non-hydrogen) atoms. The van der Waals surface area contributed by atoms with Crippen molar-refractivity contribution in [2.24, 2.45) is 0 Å². The van der Waals surface area contributed by atoms with E-state index in [1.807, 2.05) is 6.07 Å². The first-order valence-electron chi connectivity index (χ1n) is 6.74. The number of ether oxygens (including phenoxy) is 2. The van der Waals surface area contributed by atoms with Crippen molar-refractivity contribution in [1.29, 1.82) is 5.26 Å². The molecule has 6 heteroatoms. The fourth-order valence-corrected chi connectivity index (χ4v) is 1.85. The maximum atomic E-state index is 11.9. The molecule has 1 amide bonds. The molecule has 0 bridgehead atoms. The van der Waals surface area contributed by atoms with Gasteiger partial charge in [-0.3, -0.25) is 4.79 Å². The second kappa shape index (κ2) is 7.61. The standard InChI is InChI=1S/C17H14N2O4/c1-22-15-5-3-2-4-14(15)17(21)23-11-16(20)19-13-8-6-12(10-18)7-9-13/h2-9H,11H2,1H3,(H,19,20). The lowest BCUT2D eigenvalue weighted by Gasteiger charge is -2.09. The van der Waals surface area contributed by atoms with E-state index in [0.29, 0.717) is 17.0 Å². The third kappa shape index (κ3) is 4.32. The Balaban J connectivity index is 1.91. The van der Waals surface area contributed by atoms with Crippen LogP contribution < -0.4 is 10.1 Å². The Hall–Kier alpha value is -3.33. The monoisotopic (exact) mass is 310 g/mol. The molecule has 0 aliphatic carbocycles. The van der Waals surface area contributed by atoms with Gasteiger partial charge in [-0.1, -0.05) is 12.1 Å². The molecule has 0 fully saturated rings. The summed E-state index contributed by atoms with van der Waals surface area (Å²) in [6.45, 7) is -0.420. The molecule has 0 saturated carbocycles. The molecule has 0 aliphatic rings. The quantitative estimate of drug-likeness (QED) is 0.856. The molecule has 1 N–H and O–H groups in total. The highest BCUT2D eigenvalue weighted by atomic mass is 16.5. The van der Waals surface area contributed by atoms with E-state index < -0.39 is 18.5 Å². The molecule has 0 aromatic heterocycles. The second-order valence-electron chi connectivity index (χ2n) is 4.51.